The molecule has 86 valence electrons. The normalized spacial score (nSPS) is 10.3. The van der Waals surface area contributed by atoms with Crippen LogP contribution in [0, 0.1) is 6.92 Å². The van der Waals surface area contributed by atoms with Gasteiger partial charge in [-0.05, 0) is 36.8 Å². The van der Waals surface area contributed by atoms with Gasteiger partial charge in [0.2, 0.25) is 0 Å². The molecular formula is C13H9BrClNO. The van der Waals surface area contributed by atoms with Gasteiger partial charge in [-0.25, -0.2) is 0 Å². The quantitative estimate of drug-likeness (QED) is 0.784. The van der Waals surface area contributed by atoms with Crippen LogP contribution in [0.2, 0.25) is 5.02 Å². The molecule has 2 rings (SSSR count). The number of ketones is 1. The van der Waals surface area contributed by atoms with E-state index in [1.54, 1.807) is 36.7 Å². The van der Waals surface area contributed by atoms with Crippen LogP contribution in [0.4, 0.5) is 0 Å². The molecule has 0 N–H and O–H groups in total. The Morgan fingerprint density at radius 2 is 2.06 bits per heavy atom. The molecule has 0 radical (unpaired) electrons. The third kappa shape index (κ3) is 2.56. The lowest BCUT2D eigenvalue weighted by molar-refractivity contribution is 0.103. The first kappa shape index (κ1) is 12.3. The van der Waals surface area contributed by atoms with E-state index < -0.39 is 0 Å². The number of hydrogen-bond acceptors (Lipinski definition) is 2. The van der Waals surface area contributed by atoms with Gasteiger partial charge in [-0.3, -0.25) is 9.78 Å². The summed E-state index contributed by atoms with van der Waals surface area (Å²) in [7, 11) is 0. The maximum atomic E-state index is 12.3. The van der Waals surface area contributed by atoms with Crippen LogP contribution in [0.5, 0.6) is 0 Å². The third-order valence-electron chi connectivity index (χ3n) is 2.46. The van der Waals surface area contributed by atoms with Crippen molar-refractivity contribution in [3.8, 4) is 0 Å². The Kier molecular flexibility index (Phi) is 3.60. The number of carbonyl (C=O) groups excluding carboxylic acids is 1. The summed E-state index contributed by atoms with van der Waals surface area (Å²) in [5, 5.41) is 0.446. The highest BCUT2D eigenvalue weighted by Gasteiger charge is 2.15. The number of aromatic nitrogens is 1. The van der Waals surface area contributed by atoms with Crippen molar-refractivity contribution in [3.05, 3.63) is 62.8 Å². The van der Waals surface area contributed by atoms with Crippen molar-refractivity contribution >= 4 is 33.3 Å². The summed E-state index contributed by atoms with van der Waals surface area (Å²) in [5.41, 5.74) is 1.95. The molecule has 0 aliphatic heterocycles. The summed E-state index contributed by atoms with van der Waals surface area (Å²) in [6.45, 7) is 1.88. The predicted octanol–water partition coefficient (Wildman–Crippen LogP) is 4.04. The van der Waals surface area contributed by atoms with E-state index in [1.807, 2.05) is 6.92 Å². The third-order valence-corrected chi connectivity index (χ3v) is 3.28. The van der Waals surface area contributed by atoms with E-state index in [0.717, 1.165) is 10.0 Å². The van der Waals surface area contributed by atoms with Crippen molar-refractivity contribution in [2.24, 2.45) is 0 Å². The molecule has 4 heteroatoms. The molecule has 2 nitrogen and oxygen atoms in total. The van der Waals surface area contributed by atoms with Gasteiger partial charge in [0, 0.05) is 28.0 Å². The molecule has 0 aliphatic rings. The minimum absolute atomic E-state index is 0.109. The first-order valence-corrected chi connectivity index (χ1v) is 6.17. The zero-order chi connectivity index (χ0) is 12.4. The Bertz CT molecular complexity index is 583. The molecule has 0 bridgehead atoms. The second kappa shape index (κ2) is 4.98. The molecular weight excluding hydrogens is 302 g/mol. The van der Waals surface area contributed by atoms with Crippen molar-refractivity contribution in [1.82, 2.24) is 4.98 Å². The summed E-state index contributed by atoms with van der Waals surface area (Å²) < 4.78 is 0.826. The van der Waals surface area contributed by atoms with Gasteiger partial charge < -0.3 is 0 Å². The first-order valence-electron chi connectivity index (χ1n) is 5.00. The minimum Gasteiger partial charge on any atom is -0.288 e. The molecule has 0 unspecified atom stereocenters. The Morgan fingerprint density at radius 1 is 1.29 bits per heavy atom. The molecule has 1 heterocycles. The second-order valence-corrected chi connectivity index (χ2v) is 4.97. The number of pyridine rings is 1. The van der Waals surface area contributed by atoms with Gasteiger partial charge in [0.1, 0.15) is 0 Å². The first-order chi connectivity index (χ1) is 8.09. The van der Waals surface area contributed by atoms with Crippen molar-refractivity contribution in [1.29, 1.82) is 0 Å². The van der Waals surface area contributed by atoms with E-state index in [0.29, 0.717) is 16.1 Å². The van der Waals surface area contributed by atoms with E-state index in [9.17, 15) is 4.79 Å². The van der Waals surface area contributed by atoms with Crippen LogP contribution in [0.15, 0.2) is 41.1 Å². The van der Waals surface area contributed by atoms with Crippen LogP contribution in [0.25, 0.3) is 0 Å². The lowest BCUT2D eigenvalue weighted by atomic mass is 10.0. The zero-order valence-corrected chi connectivity index (χ0v) is 11.4. The second-order valence-electron chi connectivity index (χ2n) is 3.64. The van der Waals surface area contributed by atoms with E-state index >= 15 is 0 Å². The lowest BCUT2D eigenvalue weighted by Gasteiger charge is -2.06. The molecule has 0 aliphatic carbocycles. The highest BCUT2D eigenvalue weighted by atomic mass is 79.9. The van der Waals surface area contributed by atoms with Gasteiger partial charge >= 0.3 is 0 Å². The number of aryl methyl sites for hydroxylation is 1. The highest BCUT2D eigenvalue weighted by molar-refractivity contribution is 9.10. The summed E-state index contributed by atoms with van der Waals surface area (Å²) in [6.07, 6.45) is 3.23. The highest BCUT2D eigenvalue weighted by Crippen LogP contribution is 2.24. The number of benzene rings is 1. The van der Waals surface area contributed by atoms with Crippen molar-refractivity contribution in [2.75, 3.05) is 0 Å². The average molecular weight is 311 g/mol. The summed E-state index contributed by atoms with van der Waals surface area (Å²) >= 11 is 9.36. The Hall–Kier alpha value is -1.19. The topological polar surface area (TPSA) is 30.0 Å². The van der Waals surface area contributed by atoms with E-state index in [1.165, 1.54) is 0 Å². The number of carbonyl (C=O) groups is 1. The van der Waals surface area contributed by atoms with Crippen LogP contribution >= 0.6 is 27.5 Å². The van der Waals surface area contributed by atoms with E-state index in [-0.39, 0.29) is 5.78 Å². The van der Waals surface area contributed by atoms with Crippen molar-refractivity contribution in [3.63, 3.8) is 0 Å². The molecule has 1 aromatic heterocycles. The Morgan fingerprint density at radius 3 is 2.76 bits per heavy atom. The van der Waals surface area contributed by atoms with Crippen LogP contribution in [0.1, 0.15) is 21.5 Å². The maximum Gasteiger partial charge on any atom is 0.196 e. The summed E-state index contributed by atoms with van der Waals surface area (Å²) in [5.74, 6) is -0.109. The Labute approximate surface area is 113 Å². The van der Waals surface area contributed by atoms with Gasteiger partial charge in [-0.2, -0.15) is 0 Å². The standard InChI is InChI=1S/C13H9BrClNO/c1-8-4-5-16-7-11(8)13(17)10-6-9(14)2-3-12(10)15/h2-7H,1H3. The molecule has 0 fully saturated rings. The molecule has 0 saturated heterocycles. The fourth-order valence-electron chi connectivity index (χ4n) is 1.52. The lowest BCUT2D eigenvalue weighted by Crippen LogP contribution is -2.05. The number of halogens is 2. The van der Waals surface area contributed by atoms with Crippen LogP contribution in [0.3, 0.4) is 0 Å². The average Bonchev–Trinajstić information content (AvgIpc) is 2.32. The molecule has 17 heavy (non-hydrogen) atoms. The van der Waals surface area contributed by atoms with Crippen LogP contribution in [-0.2, 0) is 0 Å². The summed E-state index contributed by atoms with van der Waals surface area (Å²) in [6, 6.07) is 7.02. The zero-order valence-electron chi connectivity index (χ0n) is 9.08. The maximum absolute atomic E-state index is 12.3. The van der Waals surface area contributed by atoms with Gasteiger partial charge in [-0.15, -0.1) is 0 Å². The van der Waals surface area contributed by atoms with Gasteiger partial charge in [0.15, 0.2) is 5.78 Å². The van der Waals surface area contributed by atoms with Gasteiger partial charge in [0.25, 0.3) is 0 Å². The number of rotatable bonds is 2. The SMILES string of the molecule is Cc1ccncc1C(=O)c1cc(Br)ccc1Cl. The van der Waals surface area contributed by atoms with Crippen molar-refractivity contribution < 1.29 is 4.79 Å². The van der Waals surface area contributed by atoms with E-state index in [4.69, 9.17) is 11.6 Å². The predicted molar refractivity (Wildman–Crippen MR) is 71.6 cm³/mol. The Balaban J connectivity index is 2.51. The molecule has 0 spiro atoms. The van der Waals surface area contributed by atoms with Crippen LogP contribution in [-0.4, -0.2) is 10.8 Å². The monoisotopic (exact) mass is 309 g/mol. The summed E-state index contributed by atoms with van der Waals surface area (Å²) in [4.78, 5) is 16.3. The number of nitrogens with zero attached hydrogens (tertiary/aromatic N) is 1. The van der Waals surface area contributed by atoms with Crippen LogP contribution < -0.4 is 0 Å². The van der Waals surface area contributed by atoms with Crippen molar-refractivity contribution in [2.45, 2.75) is 6.92 Å². The molecule has 1 aromatic carbocycles. The van der Waals surface area contributed by atoms with E-state index in [2.05, 4.69) is 20.9 Å². The molecule has 2 aromatic rings. The molecule has 0 atom stereocenters. The fraction of sp³-hybridized carbons (Fsp3) is 0.0769. The minimum atomic E-state index is -0.109. The molecule has 0 amide bonds. The largest absolute Gasteiger partial charge is 0.288 e. The fourth-order valence-corrected chi connectivity index (χ4v) is 2.08. The smallest absolute Gasteiger partial charge is 0.196 e. The molecule has 0 saturated carbocycles. The number of hydrogen-bond donors (Lipinski definition) is 0. The van der Waals surface area contributed by atoms with Gasteiger partial charge in [-0.1, -0.05) is 27.5 Å². The van der Waals surface area contributed by atoms with Gasteiger partial charge in [0.05, 0.1) is 5.02 Å².